The number of allylic oxidation sites excluding steroid dienone is 1. The second-order valence-electron chi connectivity index (χ2n) is 3.45. The zero-order chi connectivity index (χ0) is 10.8. The summed E-state index contributed by atoms with van der Waals surface area (Å²) in [7, 11) is 0. The molecule has 2 rings (SSSR count). The number of unbranched alkanes of at least 4 members (excludes halogenated alkanes) is 1. The molecule has 1 heterocycles. The number of fused-ring (bicyclic) bond motifs is 1. The van der Waals surface area contributed by atoms with Gasteiger partial charge >= 0.3 is 5.97 Å². The van der Waals surface area contributed by atoms with Gasteiger partial charge in [0.25, 0.3) is 0 Å². The SMILES string of the molecule is CCC/C=C1/OC(=O)c2c(O)cccc21. The molecule has 0 spiro atoms. The molecule has 0 saturated carbocycles. The first kappa shape index (κ1) is 9.77. The van der Waals surface area contributed by atoms with E-state index in [0.29, 0.717) is 11.3 Å². The standard InChI is InChI=1S/C12H12O3/c1-2-3-7-10-8-5-4-6-9(13)11(8)12(14)15-10/h4-7,13H,2-3H2,1H3/b10-7+. The fourth-order valence-corrected chi connectivity index (χ4v) is 1.59. The highest BCUT2D eigenvalue weighted by Crippen LogP contribution is 2.35. The number of ether oxygens (including phenoxy) is 1. The Bertz CT molecular complexity index is 432. The summed E-state index contributed by atoms with van der Waals surface area (Å²) in [5.74, 6) is 0.0793. The van der Waals surface area contributed by atoms with Crippen molar-refractivity contribution in [1.82, 2.24) is 0 Å². The largest absolute Gasteiger partial charge is 0.507 e. The Morgan fingerprint density at radius 2 is 2.27 bits per heavy atom. The molecule has 0 radical (unpaired) electrons. The van der Waals surface area contributed by atoms with Crippen LogP contribution >= 0.6 is 0 Å². The van der Waals surface area contributed by atoms with Crippen LogP contribution in [0.4, 0.5) is 0 Å². The summed E-state index contributed by atoms with van der Waals surface area (Å²) >= 11 is 0. The van der Waals surface area contributed by atoms with E-state index in [2.05, 4.69) is 6.92 Å². The number of phenols is 1. The predicted octanol–water partition coefficient (Wildman–Crippen LogP) is 2.70. The Kier molecular flexibility index (Phi) is 2.46. The molecule has 15 heavy (non-hydrogen) atoms. The molecule has 0 amide bonds. The van der Waals surface area contributed by atoms with Crippen LogP contribution in [0.3, 0.4) is 0 Å². The van der Waals surface area contributed by atoms with Gasteiger partial charge in [0.15, 0.2) is 0 Å². The smallest absolute Gasteiger partial charge is 0.348 e. The number of phenolic OH excluding ortho intramolecular Hbond substituents is 1. The van der Waals surface area contributed by atoms with Crippen molar-refractivity contribution >= 4 is 11.7 Å². The van der Waals surface area contributed by atoms with Gasteiger partial charge < -0.3 is 9.84 Å². The highest BCUT2D eigenvalue weighted by atomic mass is 16.5. The highest BCUT2D eigenvalue weighted by molar-refractivity contribution is 6.05. The lowest BCUT2D eigenvalue weighted by Gasteiger charge is -1.97. The molecule has 1 aromatic rings. The quantitative estimate of drug-likeness (QED) is 0.753. The van der Waals surface area contributed by atoms with E-state index in [4.69, 9.17) is 4.74 Å². The van der Waals surface area contributed by atoms with Gasteiger partial charge in [-0.3, -0.25) is 0 Å². The van der Waals surface area contributed by atoms with Gasteiger partial charge in [0.05, 0.1) is 0 Å². The lowest BCUT2D eigenvalue weighted by Crippen LogP contribution is -1.93. The van der Waals surface area contributed by atoms with Crippen molar-refractivity contribution in [2.24, 2.45) is 0 Å². The van der Waals surface area contributed by atoms with E-state index in [9.17, 15) is 9.90 Å². The molecule has 0 fully saturated rings. The third-order valence-corrected chi connectivity index (χ3v) is 2.33. The molecule has 0 aliphatic carbocycles. The zero-order valence-corrected chi connectivity index (χ0v) is 8.49. The first-order chi connectivity index (χ1) is 7.24. The van der Waals surface area contributed by atoms with Crippen LogP contribution in [-0.4, -0.2) is 11.1 Å². The maximum Gasteiger partial charge on any atom is 0.348 e. The average molecular weight is 204 g/mol. The monoisotopic (exact) mass is 204 g/mol. The van der Waals surface area contributed by atoms with Crippen LogP contribution in [0.2, 0.25) is 0 Å². The lowest BCUT2D eigenvalue weighted by molar-refractivity contribution is 0.0713. The van der Waals surface area contributed by atoms with Gasteiger partial charge in [-0.2, -0.15) is 0 Å². The van der Waals surface area contributed by atoms with E-state index in [0.717, 1.165) is 12.8 Å². The first-order valence-corrected chi connectivity index (χ1v) is 4.98. The van der Waals surface area contributed by atoms with Crippen molar-refractivity contribution in [3.8, 4) is 5.75 Å². The molecule has 0 aromatic heterocycles. The molecule has 78 valence electrons. The summed E-state index contributed by atoms with van der Waals surface area (Å²) in [6.45, 7) is 2.05. The van der Waals surface area contributed by atoms with Gasteiger partial charge in [0.1, 0.15) is 17.1 Å². The summed E-state index contributed by atoms with van der Waals surface area (Å²) in [4.78, 5) is 11.4. The number of esters is 1. The fourth-order valence-electron chi connectivity index (χ4n) is 1.59. The van der Waals surface area contributed by atoms with E-state index in [-0.39, 0.29) is 11.3 Å². The van der Waals surface area contributed by atoms with Crippen molar-refractivity contribution in [3.63, 3.8) is 0 Å². The number of hydrogen-bond acceptors (Lipinski definition) is 3. The summed E-state index contributed by atoms with van der Waals surface area (Å²) < 4.78 is 5.08. The summed E-state index contributed by atoms with van der Waals surface area (Å²) in [5.41, 5.74) is 0.966. The topological polar surface area (TPSA) is 46.5 Å². The molecular formula is C12H12O3. The van der Waals surface area contributed by atoms with Crippen molar-refractivity contribution in [2.45, 2.75) is 19.8 Å². The lowest BCUT2D eigenvalue weighted by atomic mass is 10.1. The third kappa shape index (κ3) is 1.61. The average Bonchev–Trinajstić information content (AvgIpc) is 2.54. The minimum atomic E-state index is -0.467. The summed E-state index contributed by atoms with van der Waals surface area (Å²) in [5, 5.41) is 9.52. The Balaban J connectivity index is 2.47. The van der Waals surface area contributed by atoms with E-state index >= 15 is 0 Å². The maximum absolute atomic E-state index is 11.4. The molecule has 0 saturated heterocycles. The van der Waals surface area contributed by atoms with E-state index in [1.165, 1.54) is 6.07 Å². The zero-order valence-electron chi connectivity index (χ0n) is 8.49. The second kappa shape index (κ2) is 3.77. The normalized spacial score (nSPS) is 16.6. The molecule has 0 bridgehead atoms. The van der Waals surface area contributed by atoms with Gasteiger partial charge in [0, 0.05) is 5.56 Å². The molecule has 1 aromatic carbocycles. The van der Waals surface area contributed by atoms with Gasteiger partial charge in [-0.05, 0) is 18.6 Å². The highest BCUT2D eigenvalue weighted by Gasteiger charge is 2.28. The van der Waals surface area contributed by atoms with Crippen LogP contribution in [0.15, 0.2) is 24.3 Å². The molecule has 0 unspecified atom stereocenters. The van der Waals surface area contributed by atoms with Gasteiger partial charge in [-0.15, -0.1) is 0 Å². The van der Waals surface area contributed by atoms with E-state index in [1.807, 2.05) is 6.08 Å². The Hall–Kier alpha value is -1.77. The van der Waals surface area contributed by atoms with Crippen LogP contribution < -0.4 is 0 Å². The number of benzene rings is 1. The molecule has 1 aliphatic heterocycles. The number of hydrogen-bond donors (Lipinski definition) is 1. The summed E-state index contributed by atoms with van der Waals surface area (Å²) in [6, 6.07) is 4.97. The van der Waals surface area contributed by atoms with Gasteiger partial charge in [0.2, 0.25) is 0 Å². The van der Waals surface area contributed by atoms with E-state index < -0.39 is 5.97 Å². The Morgan fingerprint density at radius 3 is 3.00 bits per heavy atom. The van der Waals surface area contributed by atoms with Crippen molar-refractivity contribution in [2.75, 3.05) is 0 Å². The van der Waals surface area contributed by atoms with Crippen LogP contribution in [0.5, 0.6) is 5.75 Å². The minimum absolute atomic E-state index is 0.0163. The first-order valence-electron chi connectivity index (χ1n) is 4.98. The molecule has 3 nitrogen and oxygen atoms in total. The van der Waals surface area contributed by atoms with Crippen molar-refractivity contribution in [1.29, 1.82) is 0 Å². The molecule has 1 aliphatic rings. The molecule has 1 N–H and O–H groups in total. The van der Waals surface area contributed by atoms with Gasteiger partial charge in [-0.25, -0.2) is 4.79 Å². The van der Waals surface area contributed by atoms with Crippen molar-refractivity contribution in [3.05, 3.63) is 35.4 Å². The second-order valence-corrected chi connectivity index (χ2v) is 3.45. The van der Waals surface area contributed by atoms with Crippen LogP contribution in [0.1, 0.15) is 35.7 Å². The number of rotatable bonds is 2. The van der Waals surface area contributed by atoms with E-state index in [1.54, 1.807) is 12.1 Å². The number of aromatic hydroxyl groups is 1. The number of cyclic esters (lactones) is 1. The van der Waals surface area contributed by atoms with Gasteiger partial charge in [-0.1, -0.05) is 25.5 Å². The maximum atomic E-state index is 11.4. The van der Waals surface area contributed by atoms with Crippen molar-refractivity contribution < 1.29 is 14.6 Å². The Labute approximate surface area is 88.0 Å². The molecule has 0 atom stereocenters. The van der Waals surface area contributed by atoms with Crippen LogP contribution in [-0.2, 0) is 4.74 Å². The number of carbonyl (C=O) groups is 1. The molecular weight excluding hydrogens is 192 g/mol. The predicted molar refractivity (Wildman–Crippen MR) is 56.4 cm³/mol. The number of carbonyl (C=O) groups excluding carboxylic acids is 1. The molecule has 3 heteroatoms. The Morgan fingerprint density at radius 1 is 1.47 bits per heavy atom. The van der Waals surface area contributed by atoms with Crippen LogP contribution in [0.25, 0.3) is 5.76 Å². The van der Waals surface area contributed by atoms with Crippen LogP contribution in [0, 0.1) is 0 Å². The minimum Gasteiger partial charge on any atom is -0.507 e. The summed E-state index contributed by atoms with van der Waals surface area (Å²) in [6.07, 6.45) is 3.73. The fraction of sp³-hybridized carbons (Fsp3) is 0.250. The third-order valence-electron chi connectivity index (χ3n) is 2.33.